The number of nitrogens with one attached hydrogen (secondary N) is 2. The van der Waals surface area contributed by atoms with Crippen LogP contribution in [0.1, 0.15) is 92.1 Å². The zero-order valence-corrected chi connectivity index (χ0v) is 21.1. The molecule has 2 aliphatic carbocycles. The molecule has 4 fully saturated rings. The Kier molecular flexibility index (Phi) is 6.41. The van der Waals surface area contributed by atoms with Crippen molar-refractivity contribution in [1.82, 2.24) is 15.5 Å². The summed E-state index contributed by atoms with van der Waals surface area (Å²) in [5.74, 6) is -0.816. The fourth-order valence-corrected chi connectivity index (χ4v) is 7.46. The van der Waals surface area contributed by atoms with Gasteiger partial charge in [0.05, 0.1) is 12.6 Å². The van der Waals surface area contributed by atoms with Crippen LogP contribution < -0.4 is 10.6 Å². The van der Waals surface area contributed by atoms with Crippen molar-refractivity contribution in [2.45, 2.75) is 108 Å². The Morgan fingerprint density at radius 2 is 1.94 bits per heavy atom. The Morgan fingerprint density at radius 3 is 2.72 bits per heavy atom. The lowest BCUT2D eigenvalue weighted by molar-refractivity contribution is -0.126. The molecule has 7 heteroatoms. The molecule has 1 aromatic rings. The second-order valence-corrected chi connectivity index (χ2v) is 11.8. The van der Waals surface area contributed by atoms with E-state index in [1.165, 1.54) is 49.8 Å². The molecule has 2 saturated carbocycles. The van der Waals surface area contributed by atoms with Gasteiger partial charge >= 0.3 is 0 Å². The lowest BCUT2D eigenvalue weighted by Crippen LogP contribution is -2.57. The van der Waals surface area contributed by atoms with E-state index < -0.39 is 6.04 Å². The van der Waals surface area contributed by atoms with Gasteiger partial charge < -0.3 is 20.3 Å². The number of halogens is 1. The van der Waals surface area contributed by atoms with Crippen molar-refractivity contribution < 1.29 is 18.7 Å². The minimum atomic E-state index is -0.580. The van der Waals surface area contributed by atoms with Crippen molar-refractivity contribution in [3.8, 4) is 0 Å². The molecule has 2 saturated heterocycles. The van der Waals surface area contributed by atoms with Gasteiger partial charge in [0, 0.05) is 41.9 Å². The van der Waals surface area contributed by atoms with Gasteiger partial charge in [0.2, 0.25) is 5.91 Å². The fourth-order valence-electron chi connectivity index (χ4n) is 7.46. The number of amides is 2. The first-order valence-electron chi connectivity index (χ1n) is 13.9. The number of allylic oxidation sites excluding steroid dienone is 1. The molecule has 3 atom stereocenters. The Balaban J connectivity index is 1.13. The fraction of sp³-hybridized carbons (Fsp3) is 0.655. The van der Waals surface area contributed by atoms with Crippen molar-refractivity contribution in [2.75, 3.05) is 6.61 Å². The number of hydrogen-bond donors (Lipinski definition) is 2. The van der Waals surface area contributed by atoms with E-state index in [1.54, 1.807) is 12.1 Å². The topological polar surface area (TPSA) is 70.7 Å². The molecule has 2 N–H and O–H groups in total. The normalized spacial score (nSPS) is 30.3. The van der Waals surface area contributed by atoms with E-state index in [2.05, 4.69) is 17.2 Å². The molecule has 36 heavy (non-hydrogen) atoms. The minimum Gasteiger partial charge on any atom is -0.376 e. The molecular weight excluding hydrogens is 457 g/mol. The van der Waals surface area contributed by atoms with Crippen LogP contribution in [0.5, 0.6) is 0 Å². The van der Waals surface area contributed by atoms with Gasteiger partial charge in [0.15, 0.2) is 0 Å². The Labute approximate surface area is 213 Å². The molecule has 2 amide bonds. The maximum atomic E-state index is 15.7. The van der Waals surface area contributed by atoms with Crippen molar-refractivity contribution >= 4 is 11.8 Å². The molecule has 1 aromatic carbocycles. The van der Waals surface area contributed by atoms with Crippen LogP contribution in [-0.2, 0) is 22.5 Å². The monoisotopic (exact) mass is 495 g/mol. The van der Waals surface area contributed by atoms with Crippen LogP contribution in [0.2, 0.25) is 0 Å². The van der Waals surface area contributed by atoms with Gasteiger partial charge in [-0.15, -0.1) is 0 Å². The van der Waals surface area contributed by atoms with Crippen LogP contribution in [0.15, 0.2) is 24.4 Å². The number of carbonyl (C=O) groups excluding carboxylic acids is 2. The van der Waals surface area contributed by atoms with Gasteiger partial charge in [-0.25, -0.2) is 4.39 Å². The molecular formula is C29H38FN3O3. The third-order valence-corrected chi connectivity index (χ3v) is 9.43. The van der Waals surface area contributed by atoms with Crippen LogP contribution in [0.3, 0.4) is 0 Å². The third-order valence-electron chi connectivity index (χ3n) is 9.43. The number of hydrogen-bond acceptors (Lipinski definition) is 4. The highest BCUT2D eigenvalue weighted by atomic mass is 19.1. The molecule has 1 unspecified atom stereocenters. The summed E-state index contributed by atoms with van der Waals surface area (Å²) in [6, 6.07) is 3.68. The van der Waals surface area contributed by atoms with Gasteiger partial charge in [-0.2, -0.15) is 0 Å². The second-order valence-electron chi connectivity index (χ2n) is 11.8. The summed E-state index contributed by atoms with van der Waals surface area (Å²) in [6.45, 7) is 4.65. The summed E-state index contributed by atoms with van der Waals surface area (Å²) in [5.41, 5.74) is 2.63. The third kappa shape index (κ3) is 4.38. The maximum Gasteiger partial charge on any atom is 0.255 e. The number of benzene rings is 1. The molecule has 3 heterocycles. The van der Waals surface area contributed by atoms with Crippen LogP contribution in [0.4, 0.5) is 4.39 Å². The number of nitrogens with zero attached hydrogens (tertiary/aromatic N) is 1. The molecule has 0 bridgehead atoms. The number of ether oxygens (including phenoxy) is 1. The predicted octanol–water partition coefficient (Wildman–Crippen LogP) is 4.37. The summed E-state index contributed by atoms with van der Waals surface area (Å²) < 4.78 is 21.9. The lowest BCUT2D eigenvalue weighted by atomic mass is 9.58. The Morgan fingerprint density at radius 1 is 1.14 bits per heavy atom. The molecule has 6 rings (SSSR count). The van der Waals surface area contributed by atoms with E-state index in [9.17, 15) is 9.59 Å². The number of fused-ring (bicyclic) bond motifs is 1. The van der Waals surface area contributed by atoms with Crippen LogP contribution in [-0.4, -0.2) is 47.6 Å². The zero-order valence-electron chi connectivity index (χ0n) is 21.1. The van der Waals surface area contributed by atoms with Crippen LogP contribution >= 0.6 is 0 Å². The summed E-state index contributed by atoms with van der Waals surface area (Å²) in [5, 5.41) is 6.61. The zero-order chi connectivity index (χ0) is 24.9. The largest absolute Gasteiger partial charge is 0.376 e. The summed E-state index contributed by atoms with van der Waals surface area (Å²) >= 11 is 0. The minimum absolute atomic E-state index is 0.0717. The maximum absolute atomic E-state index is 15.7. The first kappa shape index (κ1) is 24.1. The van der Waals surface area contributed by atoms with Gasteiger partial charge in [-0.1, -0.05) is 31.9 Å². The van der Waals surface area contributed by atoms with Crippen molar-refractivity contribution in [3.63, 3.8) is 0 Å². The van der Waals surface area contributed by atoms with E-state index in [-0.39, 0.29) is 36.3 Å². The van der Waals surface area contributed by atoms with E-state index in [0.29, 0.717) is 59.7 Å². The highest BCUT2D eigenvalue weighted by Gasteiger charge is 2.46. The van der Waals surface area contributed by atoms with E-state index >= 15 is 4.39 Å². The van der Waals surface area contributed by atoms with Crippen LogP contribution in [0, 0.1) is 11.2 Å². The molecule has 0 aromatic heterocycles. The first-order chi connectivity index (χ1) is 17.4. The standard InChI is InChI=1S/C29H38FN3O3/c1-18-7-10-24(27(34)31-18)33-17-22-21(28(33)35)9-8-19(26(22)30)14-25-23(6-5-13-36-25)32-20-15-29(16-20)11-3-2-4-12-29/h8-9,20,23-25,32H,1-7,10-17H2,(H,31,34)/t23-,24?,25+/m0/s1. The van der Waals surface area contributed by atoms with Crippen molar-refractivity contribution in [2.24, 2.45) is 5.41 Å². The first-order valence-corrected chi connectivity index (χ1v) is 13.9. The van der Waals surface area contributed by atoms with Crippen molar-refractivity contribution in [1.29, 1.82) is 0 Å². The van der Waals surface area contributed by atoms with Crippen LogP contribution in [0.25, 0.3) is 0 Å². The number of rotatable bonds is 5. The van der Waals surface area contributed by atoms with E-state index in [1.807, 2.05) is 0 Å². The lowest BCUT2D eigenvalue weighted by Gasteiger charge is -2.52. The molecule has 0 radical (unpaired) electrons. The summed E-state index contributed by atoms with van der Waals surface area (Å²) in [6.07, 6.45) is 13.1. The average Bonchev–Trinajstić information content (AvgIpc) is 3.18. The van der Waals surface area contributed by atoms with E-state index in [4.69, 9.17) is 4.74 Å². The highest BCUT2D eigenvalue weighted by molar-refractivity contribution is 6.01. The van der Waals surface area contributed by atoms with Gasteiger partial charge in [0.1, 0.15) is 11.9 Å². The molecule has 3 aliphatic heterocycles. The van der Waals surface area contributed by atoms with Crippen molar-refractivity contribution in [3.05, 3.63) is 46.9 Å². The highest BCUT2D eigenvalue weighted by Crippen LogP contribution is 2.52. The van der Waals surface area contributed by atoms with Gasteiger partial charge in [-0.05, 0) is 68.4 Å². The number of carbonyl (C=O) groups is 2. The Hall–Kier alpha value is -2.25. The average molecular weight is 496 g/mol. The molecule has 194 valence electrons. The second kappa shape index (κ2) is 9.56. The molecule has 5 aliphatic rings. The smallest absolute Gasteiger partial charge is 0.255 e. The quantitative estimate of drug-likeness (QED) is 0.637. The predicted molar refractivity (Wildman–Crippen MR) is 135 cm³/mol. The van der Waals surface area contributed by atoms with Gasteiger partial charge in [-0.3, -0.25) is 9.59 Å². The van der Waals surface area contributed by atoms with Gasteiger partial charge in [0.25, 0.3) is 5.91 Å². The van der Waals surface area contributed by atoms with E-state index in [0.717, 1.165) is 12.8 Å². The SMILES string of the molecule is C=C1CCC(N2Cc3c(ccc(C[C@H]4OCCC[C@@H]4NC4CC5(CCCCC5)C4)c3F)C2=O)C(=O)N1. The number of piperidine rings is 1. The summed E-state index contributed by atoms with van der Waals surface area (Å²) in [7, 11) is 0. The molecule has 1 spiro atoms. The Bertz CT molecular complexity index is 1060. The molecule has 6 nitrogen and oxygen atoms in total. The summed E-state index contributed by atoms with van der Waals surface area (Å²) in [4.78, 5) is 27.0.